The summed E-state index contributed by atoms with van der Waals surface area (Å²) in [5.41, 5.74) is -0.925. The van der Waals surface area contributed by atoms with Gasteiger partial charge in [-0.1, -0.05) is 6.92 Å². The fourth-order valence-corrected chi connectivity index (χ4v) is 1.00. The Kier molecular flexibility index (Phi) is 1.75. The molecule has 1 aliphatic rings. The summed E-state index contributed by atoms with van der Waals surface area (Å²) in [6.07, 6.45) is 0.638. The van der Waals surface area contributed by atoms with E-state index in [1.165, 1.54) is 0 Å². The third-order valence-electron chi connectivity index (χ3n) is 2.32. The lowest BCUT2D eigenvalue weighted by atomic mass is 9.84. The van der Waals surface area contributed by atoms with Crippen LogP contribution < -0.4 is 5.32 Å². The number of hydrogen-bond donors (Lipinski definition) is 1. The Hall–Kier alpha value is -0.110. The normalized spacial score (nSPS) is 27.0. The summed E-state index contributed by atoms with van der Waals surface area (Å²) in [6, 6.07) is 0. The van der Waals surface area contributed by atoms with E-state index >= 15 is 0 Å². The van der Waals surface area contributed by atoms with E-state index in [9.17, 15) is 4.39 Å². The van der Waals surface area contributed by atoms with Crippen LogP contribution in [0.2, 0.25) is 0 Å². The molecule has 0 aromatic rings. The monoisotopic (exact) mass is 131 g/mol. The molecule has 1 heterocycles. The summed E-state index contributed by atoms with van der Waals surface area (Å²) >= 11 is 0. The molecule has 1 fully saturated rings. The van der Waals surface area contributed by atoms with Crippen LogP contribution in [0.3, 0.4) is 0 Å². The standard InChI is InChI=1S/C7H14FN/c1-3-7(2,8)6-4-9-5-6/h6,9H,3-5H2,1-2H3. The highest BCUT2D eigenvalue weighted by Gasteiger charge is 2.36. The molecule has 0 aromatic carbocycles. The van der Waals surface area contributed by atoms with Crippen molar-refractivity contribution in [3.05, 3.63) is 0 Å². The van der Waals surface area contributed by atoms with E-state index < -0.39 is 5.67 Å². The van der Waals surface area contributed by atoms with Crippen LogP contribution in [0.1, 0.15) is 20.3 Å². The van der Waals surface area contributed by atoms with Crippen molar-refractivity contribution >= 4 is 0 Å². The van der Waals surface area contributed by atoms with Crippen molar-refractivity contribution in [3.8, 4) is 0 Å². The summed E-state index contributed by atoms with van der Waals surface area (Å²) in [6.45, 7) is 5.32. The number of hydrogen-bond acceptors (Lipinski definition) is 1. The van der Waals surface area contributed by atoms with Crippen molar-refractivity contribution in [2.75, 3.05) is 13.1 Å². The third-order valence-corrected chi connectivity index (χ3v) is 2.32. The van der Waals surface area contributed by atoms with E-state index in [-0.39, 0.29) is 5.92 Å². The highest BCUT2D eigenvalue weighted by molar-refractivity contribution is 4.90. The van der Waals surface area contributed by atoms with Gasteiger partial charge >= 0.3 is 0 Å². The Labute approximate surface area is 55.6 Å². The topological polar surface area (TPSA) is 12.0 Å². The van der Waals surface area contributed by atoms with Crippen LogP contribution in [0.25, 0.3) is 0 Å². The van der Waals surface area contributed by atoms with Gasteiger partial charge in [-0.05, 0) is 13.3 Å². The van der Waals surface area contributed by atoms with Gasteiger partial charge in [0.15, 0.2) is 0 Å². The fraction of sp³-hybridized carbons (Fsp3) is 1.00. The quantitative estimate of drug-likeness (QED) is 0.596. The number of alkyl halides is 1. The first-order chi connectivity index (χ1) is 4.17. The van der Waals surface area contributed by atoms with Crippen LogP contribution in [0.4, 0.5) is 4.39 Å². The van der Waals surface area contributed by atoms with Gasteiger partial charge < -0.3 is 5.32 Å². The first-order valence-electron chi connectivity index (χ1n) is 3.56. The Balaban J connectivity index is 2.37. The predicted molar refractivity (Wildman–Crippen MR) is 36.2 cm³/mol. The Morgan fingerprint density at radius 3 is 2.33 bits per heavy atom. The largest absolute Gasteiger partial charge is 0.316 e. The summed E-state index contributed by atoms with van der Waals surface area (Å²) < 4.78 is 13.2. The molecule has 0 amide bonds. The second-order valence-electron chi connectivity index (χ2n) is 2.99. The smallest absolute Gasteiger partial charge is 0.113 e. The second-order valence-corrected chi connectivity index (χ2v) is 2.99. The lowest BCUT2D eigenvalue weighted by Gasteiger charge is -2.36. The SMILES string of the molecule is CCC(C)(F)C1CNC1. The maximum atomic E-state index is 13.2. The van der Waals surface area contributed by atoms with Crippen LogP contribution >= 0.6 is 0 Å². The zero-order chi connectivity index (χ0) is 6.91. The zero-order valence-corrected chi connectivity index (χ0v) is 6.08. The number of halogens is 1. The Morgan fingerprint density at radius 1 is 1.67 bits per heavy atom. The summed E-state index contributed by atoms with van der Waals surface area (Å²) in [4.78, 5) is 0. The highest BCUT2D eigenvalue weighted by Crippen LogP contribution is 2.28. The maximum absolute atomic E-state index is 13.2. The fourth-order valence-electron chi connectivity index (χ4n) is 1.00. The first kappa shape index (κ1) is 7.00. The molecule has 0 aliphatic carbocycles. The van der Waals surface area contributed by atoms with E-state index in [1.807, 2.05) is 6.92 Å². The van der Waals surface area contributed by atoms with E-state index in [2.05, 4.69) is 5.32 Å². The molecule has 1 unspecified atom stereocenters. The molecular weight excluding hydrogens is 117 g/mol. The molecule has 1 saturated heterocycles. The van der Waals surface area contributed by atoms with Crippen molar-refractivity contribution in [3.63, 3.8) is 0 Å². The molecular formula is C7H14FN. The first-order valence-corrected chi connectivity index (χ1v) is 3.56. The molecule has 1 atom stereocenters. The highest BCUT2D eigenvalue weighted by atomic mass is 19.1. The van der Waals surface area contributed by atoms with Crippen molar-refractivity contribution in [1.82, 2.24) is 5.32 Å². The minimum absolute atomic E-state index is 0.266. The average Bonchev–Trinajstić information content (AvgIpc) is 1.60. The van der Waals surface area contributed by atoms with Crippen molar-refractivity contribution in [1.29, 1.82) is 0 Å². The Morgan fingerprint density at radius 2 is 2.22 bits per heavy atom. The zero-order valence-electron chi connectivity index (χ0n) is 6.08. The molecule has 0 spiro atoms. The molecule has 0 radical (unpaired) electrons. The minimum atomic E-state index is -0.925. The van der Waals surface area contributed by atoms with E-state index in [1.54, 1.807) is 6.92 Å². The molecule has 0 aromatic heterocycles. The number of nitrogens with one attached hydrogen (secondary N) is 1. The Bertz CT molecular complexity index is 97.1. The summed E-state index contributed by atoms with van der Waals surface area (Å²) in [7, 11) is 0. The molecule has 2 heteroatoms. The van der Waals surface area contributed by atoms with Crippen LogP contribution in [0, 0.1) is 5.92 Å². The molecule has 0 saturated carbocycles. The van der Waals surface area contributed by atoms with Gasteiger partial charge in [0.25, 0.3) is 0 Å². The van der Waals surface area contributed by atoms with E-state index in [0.29, 0.717) is 6.42 Å². The lowest BCUT2D eigenvalue weighted by Crippen LogP contribution is -2.52. The summed E-state index contributed by atoms with van der Waals surface area (Å²) in [5.74, 6) is 0.266. The number of rotatable bonds is 2. The van der Waals surface area contributed by atoms with Gasteiger partial charge in [0.05, 0.1) is 0 Å². The molecule has 9 heavy (non-hydrogen) atoms. The maximum Gasteiger partial charge on any atom is 0.113 e. The molecule has 1 aliphatic heterocycles. The lowest BCUT2D eigenvalue weighted by molar-refractivity contribution is 0.0618. The van der Waals surface area contributed by atoms with Gasteiger partial charge in [-0.2, -0.15) is 0 Å². The molecule has 0 bridgehead atoms. The molecule has 54 valence electrons. The predicted octanol–water partition coefficient (Wildman–Crippen LogP) is 1.34. The van der Waals surface area contributed by atoms with E-state index in [0.717, 1.165) is 13.1 Å². The van der Waals surface area contributed by atoms with Crippen LogP contribution in [-0.4, -0.2) is 18.8 Å². The van der Waals surface area contributed by atoms with Crippen LogP contribution in [0.5, 0.6) is 0 Å². The molecule has 1 N–H and O–H groups in total. The van der Waals surface area contributed by atoms with E-state index in [4.69, 9.17) is 0 Å². The van der Waals surface area contributed by atoms with Gasteiger partial charge in [0, 0.05) is 19.0 Å². The third kappa shape index (κ3) is 1.23. The van der Waals surface area contributed by atoms with Gasteiger partial charge in [-0.3, -0.25) is 0 Å². The summed E-state index contributed by atoms with van der Waals surface area (Å²) in [5, 5.41) is 3.06. The van der Waals surface area contributed by atoms with Gasteiger partial charge in [0.2, 0.25) is 0 Å². The van der Waals surface area contributed by atoms with Crippen LogP contribution in [-0.2, 0) is 0 Å². The van der Waals surface area contributed by atoms with Gasteiger partial charge in [-0.25, -0.2) is 4.39 Å². The molecule has 1 nitrogen and oxygen atoms in total. The van der Waals surface area contributed by atoms with Crippen molar-refractivity contribution in [2.45, 2.75) is 25.9 Å². The van der Waals surface area contributed by atoms with Gasteiger partial charge in [0.1, 0.15) is 5.67 Å². The second kappa shape index (κ2) is 2.25. The van der Waals surface area contributed by atoms with Crippen LogP contribution in [0.15, 0.2) is 0 Å². The molecule has 1 rings (SSSR count). The average molecular weight is 131 g/mol. The van der Waals surface area contributed by atoms with Crippen molar-refractivity contribution < 1.29 is 4.39 Å². The van der Waals surface area contributed by atoms with Crippen molar-refractivity contribution in [2.24, 2.45) is 5.92 Å². The van der Waals surface area contributed by atoms with Gasteiger partial charge in [-0.15, -0.1) is 0 Å². The minimum Gasteiger partial charge on any atom is -0.316 e.